The largest absolute Gasteiger partial charge is 0.358 e. The fourth-order valence-corrected chi connectivity index (χ4v) is 3.82. The van der Waals surface area contributed by atoms with Crippen LogP contribution in [0.5, 0.6) is 0 Å². The van der Waals surface area contributed by atoms with Crippen molar-refractivity contribution in [2.75, 3.05) is 11.6 Å². The van der Waals surface area contributed by atoms with Crippen molar-refractivity contribution in [1.29, 1.82) is 0 Å². The quantitative estimate of drug-likeness (QED) is 0.888. The van der Waals surface area contributed by atoms with Gasteiger partial charge in [-0.25, -0.2) is 4.98 Å². The van der Waals surface area contributed by atoms with Gasteiger partial charge in [0.1, 0.15) is 5.82 Å². The highest BCUT2D eigenvalue weighted by atomic mass is 32.2. The molecular weight excluding hydrogens is 250 g/mol. The Kier molecular flexibility index (Phi) is 5.10. The first-order chi connectivity index (χ1) is 8.31. The van der Waals surface area contributed by atoms with Crippen LogP contribution in [0.3, 0.4) is 0 Å². The summed E-state index contributed by atoms with van der Waals surface area (Å²) in [4.78, 5) is 4.53. The Bertz CT molecular complexity index is 340. The van der Waals surface area contributed by atoms with E-state index < -0.39 is 0 Å². The van der Waals surface area contributed by atoms with Crippen molar-refractivity contribution >= 4 is 28.4 Å². The highest BCUT2D eigenvalue weighted by Gasteiger charge is 2.21. The minimum absolute atomic E-state index is 0.601. The van der Waals surface area contributed by atoms with Crippen molar-refractivity contribution in [3.63, 3.8) is 0 Å². The maximum Gasteiger partial charge on any atom is 0.202 e. The molecule has 1 heterocycles. The van der Waals surface area contributed by atoms with Gasteiger partial charge < -0.3 is 5.32 Å². The Hall–Kier alpha value is -0.290. The fourth-order valence-electron chi connectivity index (χ4n) is 2.30. The molecule has 0 amide bonds. The molecule has 0 aliphatic heterocycles. The van der Waals surface area contributed by atoms with Gasteiger partial charge in [-0.2, -0.15) is 16.1 Å². The fraction of sp³-hybridized carbons (Fsp3) is 0.833. The molecule has 0 bridgehead atoms. The molecule has 1 aromatic heterocycles. The lowest BCUT2D eigenvalue weighted by Crippen LogP contribution is -2.28. The molecule has 2 atom stereocenters. The average Bonchev–Trinajstić information content (AvgIpc) is 2.77. The molecule has 1 saturated carbocycles. The monoisotopic (exact) mass is 271 g/mol. The molecule has 0 spiro atoms. The molecule has 17 heavy (non-hydrogen) atoms. The third-order valence-electron chi connectivity index (χ3n) is 3.23. The molecular formula is C12H21N3S2. The summed E-state index contributed by atoms with van der Waals surface area (Å²) in [5.41, 5.74) is 0. The van der Waals surface area contributed by atoms with E-state index in [9.17, 15) is 0 Å². The van der Waals surface area contributed by atoms with E-state index in [1.165, 1.54) is 37.2 Å². The lowest BCUT2D eigenvalue weighted by atomic mass is 9.95. The molecule has 5 heteroatoms. The number of thioether (sulfide) groups is 1. The van der Waals surface area contributed by atoms with Gasteiger partial charge in [0, 0.05) is 29.2 Å². The highest BCUT2D eigenvalue weighted by Crippen LogP contribution is 2.29. The molecule has 1 aliphatic carbocycles. The molecule has 3 nitrogen and oxygen atoms in total. The normalized spacial score (nSPS) is 24.8. The summed E-state index contributed by atoms with van der Waals surface area (Å²) in [6.45, 7) is 2.17. The van der Waals surface area contributed by atoms with Gasteiger partial charge in [0.2, 0.25) is 5.13 Å². The second kappa shape index (κ2) is 6.59. The lowest BCUT2D eigenvalue weighted by Gasteiger charge is -2.28. The number of aryl methyl sites for hydroxylation is 1. The van der Waals surface area contributed by atoms with Crippen LogP contribution in [0.2, 0.25) is 0 Å². The van der Waals surface area contributed by atoms with Gasteiger partial charge >= 0.3 is 0 Å². The van der Waals surface area contributed by atoms with Crippen molar-refractivity contribution in [1.82, 2.24) is 9.36 Å². The van der Waals surface area contributed by atoms with Gasteiger partial charge in [0.15, 0.2) is 0 Å². The van der Waals surface area contributed by atoms with Crippen LogP contribution in [-0.2, 0) is 6.42 Å². The van der Waals surface area contributed by atoms with Crippen LogP contribution >= 0.6 is 23.3 Å². The minimum Gasteiger partial charge on any atom is -0.358 e. The van der Waals surface area contributed by atoms with Crippen LogP contribution in [0.4, 0.5) is 5.13 Å². The van der Waals surface area contributed by atoms with E-state index in [-0.39, 0.29) is 0 Å². The van der Waals surface area contributed by atoms with Crippen molar-refractivity contribution in [2.24, 2.45) is 0 Å². The van der Waals surface area contributed by atoms with E-state index in [1.807, 2.05) is 11.8 Å². The summed E-state index contributed by atoms with van der Waals surface area (Å²) in [5.74, 6) is 0.997. The van der Waals surface area contributed by atoms with E-state index in [1.54, 1.807) is 0 Å². The average molecular weight is 271 g/mol. The second-order valence-corrected chi connectivity index (χ2v) is 6.52. The Morgan fingerprint density at radius 3 is 3.12 bits per heavy atom. The van der Waals surface area contributed by atoms with E-state index in [0.717, 1.165) is 29.0 Å². The van der Waals surface area contributed by atoms with Crippen LogP contribution < -0.4 is 5.32 Å². The van der Waals surface area contributed by atoms with E-state index >= 15 is 0 Å². The first-order valence-corrected chi connectivity index (χ1v) is 8.50. The first-order valence-electron chi connectivity index (χ1n) is 6.43. The summed E-state index contributed by atoms with van der Waals surface area (Å²) in [6, 6.07) is 0.601. The Morgan fingerprint density at radius 2 is 2.35 bits per heavy atom. The third kappa shape index (κ3) is 3.85. The van der Waals surface area contributed by atoms with Crippen LogP contribution in [0.25, 0.3) is 0 Å². The summed E-state index contributed by atoms with van der Waals surface area (Å²) in [6.07, 6.45) is 9.59. The van der Waals surface area contributed by atoms with Gasteiger partial charge in [-0.3, -0.25) is 0 Å². The Balaban J connectivity index is 1.86. The topological polar surface area (TPSA) is 37.8 Å². The van der Waals surface area contributed by atoms with Gasteiger partial charge in [-0.15, -0.1) is 0 Å². The molecule has 1 aromatic rings. The maximum absolute atomic E-state index is 4.53. The predicted molar refractivity (Wildman–Crippen MR) is 77.1 cm³/mol. The van der Waals surface area contributed by atoms with Crippen molar-refractivity contribution < 1.29 is 0 Å². The number of rotatable bonds is 5. The van der Waals surface area contributed by atoms with E-state index in [0.29, 0.717) is 6.04 Å². The standard InChI is InChI=1S/C12H21N3S2/c1-3-5-11-14-12(17-15-11)13-9-6-4-7-10(8-9)16-2/h9-10H,3-8H2,1-2H3,(H,13,14,15). The van der Waals surface area contributed by atoms with Crippen LogP contribution in [0.15, 0.2) is 0 Å². The molecule has 1 fully saturated rings. The van der Waals surface area contributed by atoms with Crippen molar-refractivity contribution in [3.8, 4) is 0 Å². The minimum atomic E-state index is 0.601. The number of anilines is 1. The van der Waals surface area contributed by atoms with Crippen LogP contribution in [-0.4, -0.2) is 26.9 Å². The molecule has 0 aromatic carbocycles. The Morgan fingerprint density at radius 1 is 1.47 bits per heavy atom. The summed E-state index contributed by atoms with van der Waals surface area (Å²) in [5, 5.41) is 5.39. The first kappa shape index (κ1) is 13.1. The smallest absolute Gasteiger partial charge is 0.202 e. The predicted octanol–water partition coefficient (Wildman–Crippen LogP) is 3.58. The van der Waals surface area contributed by atoms with Crippen LogP contribution in [0.1, 0.15) is 44.9 Å². The van der Waals surface area contributed by atoms with Gasteiger partial charge in [-0.1, -0.05) is 13.3 Å². The summed E-state index contributed by atoms with van der Waals surface area (Å²) >= 11 is 3.51. The third-order valence-corrected chi connectivity index (χ3v) is 5.01. The number of nitrogens with one attached hydrogen (secondary N) is 1. The lowest BCUT2D eigenvalue weighted by molar-refractivity contribution is 0.473. The Labute approximate surface area is 112 Å². The zero-order valence-electron chi connectivity index (χ0n) is 10.6. The zero-order valence-corrected chi connectivity index (χ0v) is 12.2. The number of aromatic nitrogens is 2. The zero-order chi connectivity index (χ0) is 12.1. The SMILES string of the molecule is CCCc1nsc(NC2CCCC(SC)C2)n1. The molecule has 96 valence electrons. The van der Waals surface area contributed by atoms with Gasteiger partial charge in [0.05, 0.1) is 0 Å². The molecule has 1 N–H and O–H groups in total. The van der Waals surface area contributed by atoms with Crippen molar-refractivity contribution in [2.45, 2.75) is 56.7 Å². The summed E-state index contributed by atoms with van der Waals surface area (Å²) < 4.78 is 4.37. The molecule has 1 aliphatic rings. The molecule has 0 saturated heterocycles. The number of hydrogen-bond donors (Lipinski definition) is 1. The van der Waals surface area contributed by atoms with E-state index in [4.69, 9.17) is 0 Å². The number of nitrogens with zero attached hydrogens (tertiary/aromatic N) is 2. The van der Waals surface area contributed by atoms with Gasteiger partial charge in [-0.05, 0) is 31.9 Å². The van der Waals surface area contributed by atoms with E-state index in [2.05, 4.69) is 27.9 Å². The molecule has 2 rings (SSSR count). The molecule has 2 unspecified atom stereocenters. The maximum atomic E-state index is 4.53. The summed E-state index contributed by atoms with van der Waals surface area (Å²) in [7, 11) is 0. The number of hydrogen-bond acceptors (Lipinski definition) is 5. The second-order valence-electron chi connectivity index (χ2n) is 4.63. The molecule has 0 radical (unpaired) electrons. The van der Waals surface area contributed by atoms with Gasteiger partial charge in [0.25, 0.3) is 0 Å². The van der Waals surface area contributed by atoms with Crippen LogP contribution in [0, 0.1) is 0 Å². The highest BCUT2D eigenvalue weighted by molar-refractivity contribution is 7.99. The van der Waals surface area contributed by atoms with Crippen molar-refractivity contribution in [3.05, 3.63) is 5.82 Å².